The largest absolute Gasteiger partial charge is 0.325 e. The molecule has 1 saturated carbocycles. The maximum atomic E-state index is 11.7. The molecular formula is C15H22N2O. The Hall–Kier alpha value is -1.35. The Balaban J connectivity index is 1.70. The van der Waals surface area contributed by atoms with Gasteiger partial charge in [-0.1, -0.05) is 25.5 Å². The zero-order valence-electron chi connectivity index (χ0n) is 11.2. The average molecular weight is 246 g/mol. The van der Waals surface area contributed by atoms with E-state index < -0.39 is 0 Å². The Bertz CT molecular complexity index is 417. The molecule has 2 atom stereocenters. The van der Waals surface area contributed by atoms with Crippen molar-refractivity contribution in [3.63, 3.8) is 0 Å². The van der Waals surface area contributed by atoms with Crippen molar-refractivity contribution in [2.75, 3.05) is 11.9 Å². The molecule has 0 aliphatic heterocycles. The van der Waals surface area contributed by atoms with Crippen LogP contribution in [-0.2, 0) is 4.79 Å². The highest BCUT2D eigenvalue weighted by atomic mass is 16.1. The molecule has 0 heterocycles. The molecule has 1 aliphatic carbocycles. The molecule has 0 saturated heterocycles. The zero-order valence-corrected chi connectivity index (χ0v) is 11.2. The SMILES string of the molecule is CCCC1CC1NCC(=O)Nc1cccc(C)c1. The molecule has 1 aliphatic rings. The second-order valence-corrected chi connectivity index (χ2v) is 5.19. The predicted octanol–water partition coefficient (Wildman–Crippen LogP) is 2.71. The fraction of sp³-hybridized carbons (Fsp3) is 0.533. The van der Waals surface area contributed by atoms with E-state index in [0.717, 1.165) is 17.2 Å². The Morgan fingerprint density at radius 3 is 3.00 bits per heavy atom. The lowest BCUT2D eigenvalue weighted by Gasteiger charge is -2.07. The van der Waals surface area contributed by atoms with Crippen molar-refractivity contribution in [1.82, 2.24) is 5.32 Å². The van der Waals surface area contributed by atoms with Crippen molar-refractivity contribution in [3.05, 3.63) is 29.8 Å². The molecule has 2 rings (SSSR count). The summed E-state index contributed by atoms with van der Waals surface area (Å²) in [5.41, 5.74) is 2.04. The topological polar surface area (TPSA) is 41.1 Å². The molecule has 3 nitrogen and oxygen atoms in total. The summed E-state index contributed by atoms with van der Waals surface area (Å²) in [4.78, 5) is 11.7. The third kappa shape index (κ3) is 3.84. The number of carbonyl (C=O) groups excluding carboxylic acids is 1. The first-order valence-electron chi connectivity index (χ1n) is 6.79. The lowest BCUT2D eigenvalue weighted by molar-refractivity contribution is -0.115. The molecule has 0 radical (unpaired) electrons. The second kappa shape index (κ2) is 6.01. The Morgan fingerprint density at radius 1 is 1.44 bits per heavy atom. The van der Waals surface area contributed by atoms with Gasteiger partial charge in [-0.15, -0.1) is 0 Å². The summed E-state index contributed by atoms with van der Waals surface area (Å²) in [6, 6.07) is 8.44. The highest BCUT2D eigenvalue weighted by Gasteiger charge is 2.35. The molecular weight excluding hydrogens is 224 g/mol. The maximum absolute atomic E-state index is 11.7. The van der Waals surface area contributed by atoms with E-state index in [0.29, 0.717) is 12.6 Å². The van der Waals surface area contributed by atoms with E-state index in [4.69, 9.17) is 0 Å². The zero-order chi connectivity index (χ0) is 13.0. The van der Waals surface area contributed by atoms with Crippen LogP contribution in [0.1, 0.15) is 31.7 Å². The van der Waals surface area contributed by atoms with Gasteiger partial charge in [0.2, 0.25) is 5.91 Å². The number of benzene rings is 1. The molecule has 1 amide bonds. The van der Waals surface area contributed by atoms with Crippen LogP contribution in [0.4, 0.5) is 5.69 Å². The molecule has 2 unspecified atom stereocenters. The lowest BCUT2D eigenvalue weighted by atomic mass is 10.2. The Labute approximate surface area is 109 Å². The van der Waals surface area contributed by atoms with E-state index in [1.807, 2.05) is 31.2 Å². The van der Waals surface area contributed by atoms with E-state index in [2.05, 4.69) is 17.6 Å². The van der Waals surface area contributed by atoms with Gasteiger partial charge in [0.15, 0.2) is 0 Å². The van der Waals surface area contributed by atoms with Crippen LogP contribution in [0.5, 0.6) is 0 Å². The number of amides is 1. The molecule has 18 heavy (non-hydrogen) atoms. The van der Waals surface area contributed by atoms with Gasteiger partial charge in [-0.2, -0.15) is 0 Å². The molecule has 2 N–H and O–H groups in total. The van der Waals surface area contributed by atoms with Crippen LogP contribution >= 0.6 is 0 Å². The fourth-order valence-corrected chi connectivity index (χ4v) is 2.34. The summed E-state index contributed by atoms with van der Waals surface area (Å²) in [6.45, 7) is 4.64. The predicted molar refractivity (Wildman–Crippen MR) is 74.6 cm³/mol. The average Bonchev–Trinajstić information content (AvgIpc) is 3.06. The molecule has 0 spiro atoms. The first-order valence-corrected chi connectivity index (χ1v) is 6.79. The molecule has 98 valence electrons. The van der Waals surface area contributed by atoms with Crippen LogP contribution in [0, 0.1) is 12.8 Å². The van der Waals surface area contributed by atoms with Crippen LogP contribution < -0.4 is 10.6 Å². The first-order chi connectivity index (χ1) is 8.69. The molecule has 1 fully saturated rings. The van der Waals surface area contributed by atoms with Gasteiger partial charge in [0.1, 0.15) is 0 Å². The summed E-state index contributed by atoms with van der Waals surface area (Å²) >= 11 is 0. The normalized spacial score (nSPS) is 21.7. The van der Waals surface area contributed by atoms with Crippen molar-refractivity contribution in [2.45, 2.75) is 39.2 Å². The van der Waals surface area contributed by atoms with E-state index >= 15 is 0 Å². The van der Waals surface area contributed by atoms with Crippen LogP contribution in [0.3, 0.4) is 0 Å². The minimum Gasteiger partial charge on any atom is -0.325 e. The summed E-state index contributed by atoms with van der Waals surface area (Å²) < 4.78 is 0. The van der Waals surface area contributed by atoms with Crippen LogP contribution in [0.15, 0.2) is 24.3 Å². The van der Waals surface area contributed by atoms with E-state index in [9.17, 15) is 4.79 Å². The minimum atomic E-state index is 0.0442. The smallest absolute Gasteiger partial charge is 0.238 e. The first kappa shape index (κ1) is 13.1. The van der Waals surface area contributed by atoms with Crippen LogP contribution in [0.2, 0.25) is 0 Å². The number of carbonyl (C=O) groups is 1. The Morgan fingerprint density at radius 2 is 2.28 bits per heavy atom. The van der Waals surface area contributed by atoms with Gasteiger partial charge in [0.25, 0.3) is 0 Å². The summed E-state index contributed by atoms with van der Waals surface area (Å²) in [5.74, 6) is 0.838. The minimum absolute atomic E-state index is 0.0442. The maximum Gasteiger partial charge on any atom is 0.238 e. The lowest BCUT2D eigenvalue weighted by Crippen LogP contribution is -2.30. The summed E-state index contributed by atoms with van der Waals surface area (Å²) in [6.07, 6.45) is 3.74. The highest BCUT2D eigenvalue weighted by molar-refractivity contribution is 5.92. The number of rotatable bonds is 6. The van der Waals surface area contributed by atoms with Crippen LogP contribution in [-0.4, -0.2) is 18.5 Å². The quantitative estimate of drug-likeness (QED) is 0.810. The standard InChI is InChI=1S/C15H22N2O/c1-3-5-12-9-14(12)16-10-15(18)17-13-7-4-6-11(2)8-13/h4,6-8,12,14,16H,3,5,9-10H2,1-2H3,(H,17,18). The molecule has 0 bridgehead atoms. The summed E-state index contributed by atoms with van der Waals surface area (Å²) in [5, 5.41) is 6.23. The van der Waals surface area contributed by atoms with E-state index in [-0.39, 0.29) is 5.91 Å². The number of aryl methyl sites for hydroxylation is 1. The monoisotopic (exact) mass is 246 g/mol. The summed E-state index contributed by atoms with van der Waals surface area (Å²) in [7, 11) is 0. The number of hydrogen-bond donors (Lipinski definition) is 2. The van der Waals surface area contributed by atoms with Crippen LogP contribution in [0.25, 0.3) is 0 Å². The van der Waals surface area contributed by atoms with Crippen molar-refractivity contribution in [2.24, 2.45) is 5.92 Å². The number of hydrogen-bond acceptors (Lipinski definition) is 2. The third-order valence-corrected chi connectivity index (χ3v) is 3.41. The van der Waals surface area contributed by atoms with Gasteiger partial charge in [0.05, 0.1) is 6.54 Å². The third-order valence-electron chi connectivity index (χ3n) is 3.41. The second-order valence-electron chi connectivity index (χ2n) is 5.19. The molecule has 1 aromatic rings. The highest BCUT2D eigenvalue weighted by Crippen LogP contribution is 2.34. The fourth-order valence-electron chi connectivity index (χ4n) is 2.34. The van der Waals surface area contributed by atoms with Crippen molar-refractivity contribution in [1.29, 1.82) is 0 Å². The van der Waals surface area contributed by atoms with Gasteiger partial charge in [-0.3, -0.25) is 4.79 Å². The van der Waals surface area contributed by atoms with Crippen molar-refractivity contribution < 1.29 is 4.79 Å². The van der Waals surface area contributed by atoms with E-state index in [1.54, 1.807) is 0 Å². The molecule has 1 aromatic carbocycles. The molecule has 0 aromatic heterocycles. The number of nitrogens with one attached hydrogen (secondary N) is 2. The number of anilines is 1. The van der Waals surface area contributed by atoms with Crippen molar-refractivity contribution in [3.8, 4) is 0 Å². The van der Waals surface area contributed by atoms with Gasteiger partial charge in [-0.25, -0.2) is 0 Å². The van der Waals surface area contributed by atoms with Gasteiger partial charge in [-0.05, 0) is 43.4 Å². The van der Waals surface area contributed by atoms with Crippen molar-refractivity contribution >= 4 is 11.6 Å². The molecule has 3 heteroatoms. The van der Waals surface area contributed by atoms with Gasteiger partial charge >= 0.3 is 0 Å². The Kier molecular flexibility index (Phi) is 4.37. The van der Waals surface area contributed by atoms with Gasteiger partial charge in [0, 0.05) is 11.7 Å². The van der Waals surface area contributed by atoms with E-state index in [1.165, 1.54) is 19.3 Å². The van der Waals surface area contributed by atoms with Gasteiger partial charge < -0.3 is 10.6 Å².